The number of benzene rings is 2. The molecule has 2 aliphatic heterocycles. The maximum absolute atomic E-state index is 13.7. The van der Waals surface area contributed by atoms with Crippen LogP contribution >= 0.6 is 23.4 Å². The Balaban J connectivity index is 1.63. The van der Waals surface area contributed by atoms with Crippen LogP contribution in [0.3, 0.4) is 0 Å². The Morgan fingerprint density at radius 3 is 2.55 bits per heavy atom. The summed E-state index contributed by atoms with van der Waals surface area (Å²) in [6, 6.07) is 13.0. The number of carbonyl (C=O) groups excluding carboxylic acids is 2. The highest BCUT2D eigenvalue weighted by Crippen LogP contribution is 2.48. The SMILES string of the molecule is Cc1ccc(C[N+]2=C3SC4=C(CCCC4)C3C(=O)N(c3ccc(Cl)cc3)C2=O)c(C)c1. The van der Waals surface area contributed by atoms with Crippen LogP contribution in [0.5, 0.6) is 0 Å². The third-order valence-electron chi connectivity index (χ3n) is 6.35. The van der Waals surface area contributed by atoms with Gasteiger partial charge in [0.05, 0.1) is 0 Å². The van der Waals surface area contributed by atoms with Crippen LogP contribution in [0.2, 0.25) is 5.02 Å². The van der Waals surface area contributed by atoms with Crippen molar-refractivity contribution < 1.29 is 14.2 Å². The maximum atomic E-state index is 13.7. The van der Waals surface area contributed by atoms with Crippen molar-refractivity contribution in [2.45, 2.75) is 46.1 Å². The third-order valence-corrected chi connectivity index (χ3v) is 7.98. The minimum atomic E-state index is -0.348. The van der Waals surface area contributed by atoms with E-state index in [1.54, 1.807) is 36.0 Å². The Morgan fingerprint density at radius 2 is 1.81 bits per heavy atom. The molecule has 1 unspecified atom stereocenters. The molecule has 0 aromatic heterocycles. The Morgan fingerprint density at radius 1 is 1.06 bits per heavy atom. The molecule has 31 heavy (non-hydrogen) atoms. The second kappa shape index (κ2) is 7.95. The van der Waals surface area contributed by atoms with Gasteiger partial charge >= 0.3 is 11.9 Å². The maximum Gasteiger partial charge on any atom is 0.506 e. The van der Waals surface area contributed by atoms with Crippen LogP contribution in [0.4, 0.5) is 10.5 Å². The number of anilines is 1. The highest BCUT2D eigenvalue weighted by atomic mass is 35.5. The minimum absolute atomic E-state index is 0.140. The zero-order valence-electron chi connectivity index (χ0n) is 17.7. The summed E-state index contributed by atoms with van der Waals surface area (Å²) < 4.78 is 1.82. The number of amides is 3. The van der Waals surface area contributed by atoms with E-state index in [1.807, 2.05) is 4.58 Å². The first-order chi connectivity index (χ1) is 14.9. The van der Waals surface area contributed by atoms with Crippen LogP contribution < -0.4 is 4.90 Å². The van der Waals surface area contributed by atoms with Crippen LogP contribution in [0.25, 0.3) is 0 Å². The topological polar surface area (TPSA) is 40.4 Å². The van der Waals surface area contributed by atoms with Gasteiger partial charge in [-0.05, 0) is 85.4 Å². The number of imide groups is 1. The number of nitrogens with zero attached hydrogens (tertiary/aromatic N) is 2. The molecule has 0 saturated carbocycles. The van der Waals surface area contributed by atoms with Gasteiger partial charge in [0.15, 0.2) is 11.0 Å². The molecule has 0 fully saturated rings. The fraction of sp³-hybridized carbons (Fsp3) is 0.320. The number of halogens is 1. The molecule has 0 bridgehead atoms. The first-order valence-corrected chi connectivity index (χ1v) is 11.9. The molecule has 158 valence electrons. The van der Waals surface area contributed by atoms with Gasteiger partial charge in [0.2, 0.25) is 0 Å². The van der Waals surface area contributed by atoms with E-state index in [1.165, 1.54) is 20.9 Å². The molecule has 6 heteroatoms. The lowest BCUT2D eigenvalue weighted by Gasteiger charge is -2.26. The van der Waals surface area contributed by atoms with Crippen molar-refractivity contribution in [3.8, 4) is 0 Å². The molecule has 2 heterocycles. The van der Waals surface area contributed by atoms with E-state index in [4.69, 9.17) is 11.6 Å². The smallest absolute Gasteiger partial charge is 0.245 e. The van der Waals surface area contributed by atoms with Crippen LogP contribution in [-0.4, -0.2) is 21.6 Å². The predicted octanol–water partition coefficient (Wildman–Crippen LogP) is 6.23. The number of urea groups is 1. The van der Waals surface area contributed by atoms with E-state index in [0.717, 1.165) is 41.9 Å². The summed E-state index contributed by atoms with van der Waals surface area (Å²) in [5.74, 6) is -0.488. The number of aryl methyl sites for hydroxylation is 2. The van der Waals surface area contributed by atoms with Crippen molar-refractivity contribution in [1.29, 1.82) is 0 Å². The lowest BCUT2D eigenvalue weighted by molar-refractivity contribution is -0.443. The molecule has 2 aromatic carbocycles. The first-order valence-electron chi connectivity index (χ1n) is 10.7. The van der Waals surface area contributed by atoms with Gasteiger partial charge in [-0.1, -0.05) is 47.1 Å². The standard InChI is InChI=1S/C25H24ClN2O2S/c1-15-7-8-17(16(2)13-15)14-27-24-22(20-5-3-4-6-21(20)31-24)23(29)28(25(27)30)19-11-9-18(26)10-12-19/h7-13,22H,3-6,14H2,1-2H3/q+1. The summed E-state index contributed by atoms with van der Waals surface area (Å²) in [4.78, 5) is 30.0. The normalized spacial score (nSPS) is 21.0. The monoisotopic (exact) mass is 451 g/mol. The second-order valence-electron chi connectivity index (χ2n) is 8.48. The molecule has 3 amide bonds. The molecule has 4 nitrogen and oxygen atoms in total. The van der Waals surface area contributed by atoms with E-state index >= 15 is 0 Å². The highest BCUT2D eigenvalue weighted by Gasteiger charge is 2.54. The zero-order chi connectivity index (χ0) is 21.7. The zero-order valence-corrected chi connectivity index (χ0v) is 19.2. The molecule has 0 saturated heterocycles. The highest BCUT2D eigenvalue weighted by molar-refractivity contribution is 8.17. The summed E-state index contributed by atoms with van der Waals surface area (Å²) in [5.41, 5.74) is 5.23. The first kappa shape index (κ1) is 20.5. The molecular formula is C25H24ClN2O2S+. The van der Waals surface area contributed by atoms with Crippen molar-refractivity contribution in [2.75, 3.05) is 4.90 Å². The molecule has 0 radical (unpaired) electrons. The number of allylic oxidation sites excluding steroid dienone is 1. The minimum Gasteiger partial charge on any atom is -0.245 e. The molecule has 0 N–H and O–H groups in total. The Labute approximate surface area is 191 Å². The number of hydrogen-bond donors (Lipinski definition) is 0. The van der Waals surface area contributed by atoms with Crippen molar-refractivity contribution in [3.05, 3.63) is 74.7 Å². The molecule has 3 aliphatic rings. The summed E-state index contributed by atoms with van der Waals surface area (Å²) in [5, 5.41) is 1.46. The molecule has 0 spiro atoms. The summed E-state index contributed by atoms with van der Waals surface area (Å²) >= 11 is 7.71. The van der Waals surface area contributed by atoms with Crippen molar-refractivity contribution in [2.24, 2.45) is 5.92 Å². The second-order valence-corrected chi connectivity index (χ2v) is 10.0. The van der Waals surface area contributed by atoms with Gasteiger partial charge in [-0.25, -0.2) is 4.79 Å². The fourth-order valence-corrected chi connectivity index (χ4v) is 6.32. The largest absolute Gasteiger partial charge is 0.506 e. The summed E-state index contributed by atoms with van der Waals surface area (Å²) in [7, 11) is 0. The number of rotatable bonds is 3. The van der Waals surface area contributed by atoms with Crippen molar-refractivity contribution in [3.63, 3.8) is 0 Å². The van der Waals surface area contributed by atoms with Crippen LogP contribution in [0.1, 0.15) is 42.4 Å². The van der Waals surface area contributed by atoms with Gasteiger partial charge in [0, 0.05) is 5.02 Å². The van der Waals surface area contributed by atoms with Gasteiger partial charge in [-0.2, -0.15) is 9.37 Å². The summed E-state index contributed by atoms with van der Waals surface area (Å²) in [6.45, 7) is 4.60. The number of thioether (sulfide) groups is 1. The average Bonchev–Trinajstić information content (AvgIpc) is 3.13. The van der Waals surface area contributed by atoms with Gasteiger partial charge in [0.1, 0.15) is 12.2 Å². The summed E-state index contributed by atoms with van der Waals surface area (Å²) in [6.07, 6.45) is 4.18. The molecule has 2 aromatic rings. The van der Waals surface area contributed by atoms with E-state index < -0.39 is 0 Å². The quantitative estimate of drug-likeness (QED) is 0.519. The van der Waals surface area contributed by atoms with Crippen LogP contribution in [-0.2, 0) is 11.3 Å². The van der Waals surface area contributed by atoms with Gasteiger partial charge in [-0.15, -0.1) is 4.90 Å². The number of hydrogen-bond acceptors (Lipinski definition) is 3. The van der Waals surface area contributed by atoms with Gasteiger partial charge < -0.3 is 0 Å². The molecule has 1 aliphatic carbocycles. The van der Waals surface area contributed by atoms with E-state index in [-0.39, 0.29) is 17.9 Å². The number of carbonyl (C=O) groups is 2. The predicted molar refractivity (Wildman–Crippen MR) is 126 cm³/mol. The third kappa shape index (κ3) is 3.54. The lowest BCUT2D eigenvalue weighted by Crippen LogP contribution is -2.53. The van der Waals surface area contributed by atoms with Crippen LogP contribution in [0, 0.1) is 19.8 Å². The van der Waals surface area contributed by atoms with Crippen molar-refractivity contribution >= 4 is 46.0 Å². The van der Waals surface area contributed by atoms with Gasteiger partial charge in [-0.3, -0.25) is 0 Å². The lowest BCUT2D eigenvalue weighted by atomic mass is 9.88. The average molecular weight is 452 g/mol. The van der Waals surface area contributed by atoms with Crippen molar-refractivity contribution in [1.82, 2.24) is 0 Å². The molecule has 1 atom stereocenters. The van der Waals surface area contributed by atoms with E-state index in [9.17, 15) is 9.59 Å². The molecule has 5 rings (SSSR count). The molecular weight excluding hydrogens is 428 g/mol. The van der Waals surface area contributed by atoms with E-state index in [2.05, 4.69) is 32.0 Å². The Hall–Kier alpha value is -2.37. The van der Waals surface area contributed by atoms with E-state index in [0.29, 0.717) is 17.3 Å². The fourth-order valence-electron chi connectivity index (χ4n) is 4.73. The number of fused-ring (bicyclic) bond motifs is 2. The Kier molecular flexibility index (Phi) is 5.27. The van der Waals surface area contributed by atoms with Crippen LogP contribution in [0.15, 0.2) is 52.9 Å². The van der Waals surface area contributed by atoms with Gasteiger partial charge in [0.25, 0.3) is 0 Å². The Bertz CT molecular complexity index is 1170.